The van der Waals surface area contributed by atoms with Gasteiger partial charge in [0.25, 0.3) is 0 Å². The predicted molar refractivity (Wildman–Crippen MR) is 107 cm³/mol. The number of anilines is 1. The number of carbonyl (C=O) groups excluding carboxylic acids is 1. The van der Waals surface area contributed by atoms with Gasteiger partial charge >= 0.3 is 0 Å². The summed E-state index contributed by atoms with van der Waals surface area (Å²) in [6, 6.07) is 14.1. The van der Waals surface area contributed by atoms with Crippen molar-refractivity contribution < 1.29 is 9.53 Å². The number of nitrogens with one attached hydrogen (secondary N) is 1. The second-order valence-electron chi connectivity index (χ2n) is 7.20. The molecule has 1 N–H and O–H groups in total. The van der Waals surface area contributed by atoms with E-state index in [1.165, 1.54) is 17.5 Å². The molecule has 0 saturated heterocycles. The zero-order valence-electron chi connectivity index (χ0n) is 16.0. The van der Waals surface area contributed by atoms with Crippen LogP contribution in [-0.2, 0) is 17.8 Å². The number of carbonyl (C=O) groups is 1. The Balaban J connectivity index is 1.37. The summed E-state index contributed by atoms with van der Waals surface area (Å²) in [4.78, 5) is 16.5. The molecule has 0 bridgehead atoms. The summed E-state index contributed by atoms with van der Waals surface area (Å²) in [5.41, 5.74) is 4.52. The molecule has 0 radical (unpaired) electrons. The molecule has 1 unspecified atom stereocenters. The van der Waals surface area contributed by atoms with Gasteiger partial charge in [-0.3, -0.25) is 4.79 Å². The minimum absolute atomic E-state index is 0.0534. The number of ether oxygens (including phenoxy) is 1. The molecule has 1 heterocycles. The number of benzene rings is 2. The largest absolute Gasteiger partial charge is 0.497 e. The SMILES string of the molecule is COc1ccc2c(c1)CCCC2CC(=O)Nc1ccc(Cn2cncn2)cc1. The number of fused-ring (bicyclic) bond motifs is 1. The Kier molecular flexibility index (Phi) is 5.37. The van der Waals surface area contributed by atoms with E-state index in [1.54, 1.807) is 18.1 Å². The third-order valence-corrected chi connectivity index (χ3v) is 5.27. The third-order valence-electron chi connectivity index (χ3n) is 5.27. The molecule has 1 amide bonds. The molecular weight excluding hydrogens is 352 g/mol. The van der Waals surface area contributed by atoms with Crippen LogP contribution in [0.15, 0.2) is 55.1 Å². The van der Waals surface area contributed by atoms with Crippen molar-refractivity contribution in [1.82, 2.24) is 14.8 Å². The minimum Gasteiger partial charge on any atom is -0.497 e. The quantitative estimate of drug-likeness (QED) is 0.711. The Bertz CT molecular complexity index is 936. The van der Waals surface area contributed by atoms with Gasteiger partial charge in [-0.1, -0.05) is 18.2 Å². The summed E-state index contributed by atoms with van der Waals surface area (Å²) < 4.78 is 7.10. The molecule has 6 heteroatoms. The molecule has 0 aliphatic heterocycles. The van der Waals surface area contributed by atoms with Crippen molar-refractivity contribution in [2.45, 2.75) is 38.1 Å². The first-order valence-corrected chi connectivity index (χ1v) is 9.59. The van der Waals surface area contributed by atoms with Crippen LogP contribution in [0.1, 0.15) is 41.9 Å². The van der Waals surface area contributed by atoms with E-state index < -0.39 is 0 Å². The lowest BCUT2D eigenvalue weighted by atomic mass is 9.81. The molecule has 3 aromatic rings. The third kappa shape index (κ3) is 4.22. The van der Waals surface area contributed by atoms with Crippen LogP contribution in [0.3, 0.4) is 0 Å². The van der Waals surface area contributed by atoms with Crippen molar-refractivity contribution in [3.05, 3.63) is 71.8 Å². The molecule has 1 atom stereocenters. The van der Waals surface area contributed by atoms with Gasteiger partial charge in [-0.05, 0) is 66.1 Å². The van der Waals surface area contributed by atoms with E-state index in [2.05, 4.69) is 27.5 Å². The van der Waals surface area contributed by atoms with Gasteiger partial charge in [0.05, 0.1) is 13.7 Å². The Morgan fingerprint density at radius 3 is 2.86 bits per heavy atom. The number of nitrogens with zero attached hydrogens (tertiary/aromatic N) is 3. The van der Waals surface area contributed by atoms with Crippen molar-refractivity contribution in [2.75, 3.05) is 12.4 Å². The summed E-state index contributed by atoms with van der Waals surface area (Å²) >= 11 is 0. The van der Waals surface area contributed by atoms with Crippen LogP contribution in [0.2, 0.25) is 0 Å². The first-order chi connectivity index (χ1) is 13.7. The van der Waals surface area contributed by atoms with Crippen LogP contribution in [0, 0.1) is 0 Å². The molecule has 28 heavy (non-hydrogen) atoms. The van der Waals surface area contributed by atoms with E-state index in [0.717, 1.165) is 36.3 Å². The highest BCUT2D eigenvalue weighted by Gasteiger charge is 2.23. The van der Waals surface area contributed by atoms with Crippen molar-refractivity contribution in [3.63, 3.8) is 0 Å². The number of rotatable bonds is 6. The molecule has 0 spiro atoms. The molecule has 0 saturated carbocycles. The number of amides is 1. The molecule has 1 aliphatic carbocycles. The molecule has 2 aromatic carbocycles. The van der Waals surface area contributed by atoms with Crippen molar-refractivity contribution >= 4 is 11.6 Å². The van der Waals surface area contributed by atoms with E-state index in [-0.39, 0.29) is 11.8 Å². The zero-order valence-corrected chi connectivity index (χ0v) is 16.0. The highest BCUT2D eigenvalue weighted by atomic mass is 16.5. The van der Waals surface area contributed by atoms with E-state index in [9.17, 15) is 4.79 Å². The monoisotopic (exact) mass is 376 g/mol. The van der Waals surface area contributed by atoms with Crippen molar-refractivity contribution in [3.8, 4) is 5.75 Å². The highest BCUT2D eigenvalue weighted by Crippen LogP contribution is 2.36. The minimum atomic E-state index is 0.0534. The first-order valence-electron chi connectivity index (χ1n) is 9.59. The molecule has 6 nitrogen and oxygen atoms in total. The fraction of sp³-hybridized carbons (Fsp3) is 0.318. The number of aromatic nitrogens is 3. The molecule has 0 fully saturated rings. The van der Waals surface area contributed by atoms with Crippen LogP contribution >= 0.6 is 0 Å². The number of aryl methyl sites for hydroxylation is 1. The van der Waals surface area contributed by atoms with Crippen molar-refractivity contribution in [1.29, 1.82) is 0 Å². The van der Waals surface area contributed by atoms with E-state index in [4.69, 9.17) is 4.74 Å². The van der Waals surface area contributed by atoms with Gasteiger partial charge in [0.15, 0.2) is 0 Å². The standard InChI is InChI=1S/C22H24N4O2/c1-28-20-9-10-21-17(11-20)3-2-4-18(21)12-22(27)25-19-7-5-16(6-8-19)13-26-15-23-14-24-26/h5-11,14-15,18H,2-4,12-13H2,1H3,(H,25,27). The van der Waals surface area contributed by atoms with Gasteiger partial charge in [0, 0.05) is 12.1 Å². The van der Waals surface area contributed by atoms with Gasteiger partial charge in [0.1, 0.15) is 18.4 Å². The Morgan fingerprint density at radius 1 is 1.25 bits per heavy atom. The van der Waals surface area contributed by atoms with Gasteiger partial charge in [-0.2, -0.15) is 5.10 Å². The summed E-state index contributed by atoms with van der Waals surface area (Å²) in [6.07, 6.45) is 6.91. The molecule has 1 aliphatic rings. The second-order valence-corrected chi connectivity index (χ2v) is 7.20. The zero-order chi connectivity index (χ0) is 19.3. The van der Waals surface area contributed by atoms with Crippen LogP contribution in [-0.4, -0.2) is 27.8 Å². The van der Waals surface area contributed by atoms with Gasteiger partial charge in [-0.25, -0.2) is 9.67 Å². The lowest BCUT2D eigenvalue weighted by molar-refractivity contribution is -0.116. The molecule has 4 rings (SSSR count). The number of hydrogen-bond acceptors (Lipinski definition) is 4. The van der Waals surface area contributed by atoms with E-state index >= 15 is 0 Å². The summed E-state index contributed by atoms with van der Waals surface area (Å²) in [6.45, 7) is 0.663. The maximum Gasteiger partial charge on any atom is 0.224 e. The number of hydrogen-bond donors (Lipinski definition) is 1. The maximum absolute atomic E-state index is 12.6. The van der Waals surface area contributed by atoms with Crippen LogP contribution in [0.25, 0.3) is 0 Å². The van der Waals surface area contributed by atoms with Gasteiger partial charge in [-0.15, -0.1) is 0 Å². The normalized spacial score (nSPS) is 15.7. The molecule has 1 aromatic heterocycles. The summed E-state index contributed by atoms with van der Waals surface area (Å²) in [5, 5.41) is 7.13. The Hall–Kier alpha value is -3.15. The Labute approximate surface area is 164 Å². The average Bonchev–Trinajstić information content (AvgIpc) is 3.22. The highest BCUT2D eigenvalue weighted by molar-refractivity contribution is 5.91. The second kappa shape index (κ2) is 8.25. The van der Waals surface area contributed by atoms with Crippen molar-refractivity contribution in [2.24, 2.45) is 0 Å². The van der Waals surface area contributed by atoms with E-state index in [1.807, 2.05) is 30.3 Å². The fourth-order valence-electron chi connectivity index (χ4n) is 3.86. The maximum atomic E-state index is 12.6. The van der Waals surface area contributed by atoms with E-state index in [0.29, 0.717) is 13.0 Å². The summed E-state index contributed by atoms with van der Waals surface area (Å²) in [5.74, 6) is 1.20. The fourth-order valence-corrected chi connectivity index (χ4v) is 3.86. The van der Waals surface area contributed by atoms with Crippen LogP contribution < -0.4 is 10.1 Å². The predicted octanol–water partition coefficient (Wildman–Crippen LogP) is 3.78. The van der Waals surface area contributed by atoms with Gasteiger partial charge < -0.3 is 10.1 Å². The molecular formula is C22H24N4O2. The van der Waals surface area contributed by atoms with Gasteiger partial charge in [0.2, 0.25) is 5.91 Å². The lowest BCUT2D eigenvalue weighted by Gasteiger charge is -2.25. The van der Waals surface area contributed by atoms with Crippen LogP contribution in [0.4, 0.5) is 5.69 Å². The first kappa shape index (κ1) is 18.2. The summed E-state index contributed by atoms with van der Waals surface area (Å²) in [7, 11) is 1.69. The lowest BCUT2D eigenvalue weighted by Crippen LogP contribution is -2.19. The topological polar surface area (TPSA) is 69.0 Å². The average molecular weight is 376 g/mol. The smallest absolute Gasteiger partial charge is 0.224 e. The van der Waals surface area contributed by atoms with Crippen LogP contribution in [0.5, 0.6) is 5.75 Å². The number of methoxy groups -OCH3 is 1. The molecule has 144 valence electrons. The Morgan fingerprint density at radius 2 is 2.11 bits per heavy atom.